The van der Waals surface area contributed by atoms with Gasteiger partial charge in [0.2, 0.25) is 5.91 Å². The first-order chi connectivity index (χ1) is 21.0. The predicted molar refractivity (Wildman–Crippen MR) is 166 cm³/mol. The fourth-order valence-corrected chi connectivity index (χ4v) is 5.26. The minimum atomic E-state index is -1.23. The summed E-state index contributed by atoms with van der Waals surface area (Å²) in [6, 6.07) is 17.3. The van der Waals surface area contributed by atoms with Crippen LogP contribution in [-0.4, -0.2) is 63.5 Å². The number of anilines is 2. The largest absolute Gasteiger partial charge is 0.493 e. The second kappa shape index (κ2) is 14.1. The van der Waals surface area contributed by atoms with Crippen molar-refractivity contribution in [1.29, 1.82) is 0 Å². The molecule has 4 rings (SSSR count). The Morgan fingerprint density at radius 2 is 1.77 bits per heavy atom. The van der Waals surface area contributed by atoms with Crippen molar-refractivity contribution in [2.75, 3.05) is 44.7 Å². The molecule has 2 amide bonds. The maximum Gasteiger partial charge on any atom is 0.309 e. The number of nitrogens with one attached hydrogen (secondary N) is 1. The van der Waals surface area contributed by atoms with Gasteiger partial charge in [-0.25, -0.2) is 0 Å². The quantitative estimate of drug-likeness (QED) is 0.288. The van der Waals surface area contributed by atoms with Crippen molar-refractivity contribution in [2.24, 2.45) is 5.41 Å². The van der Waals surface area contributed by atoms with E-state index in [0.717, 1.165) is 0 Å². The Hall–Kier alpha value is -4.12. The highest BCUT2D eigenvalue weighted by Crippen LogP contribution is 2.45. The van der Waals surface area contributed by atoms with Crippen LogP contribution < -0.4 is 19.7 Å². The smallest absolute Gasteiger partial charge is 0.309 e. The third kappa shape index (κ3) is 7.50. The molecule has 11 heteroatoms. The Bertz CT molecular complexity index is 1530. The van der Waals surface area contributed by atoms with Gasteiger partial charge in [-0.2, -0.15) is 0 Å². The summed E-state index contributed by atoms with van der Waals surface area (Å²) < 4.78 is 22.5. The molecule has 1 heterocycles. The van der Waals surface area contributed by atoms with Crippen LogP contribution in [-0.2, 0) is 30.3 Å². The van der Waals surface area contributed by atoms with Crippen molar-refractivity contribution in [1.82, 2.24) is 0 Å². The Morgan fingerprint density at radius 3 is 2.45 bits per heavy atom. The van der Waals surface area contributed by atoms with Crippen LogP contribution >= 0.6 is 11.6 Å². The number of ether oxygens (including phenoxy) is 4. The molecule has 0 radical (unpaired) electrons. The lowest BCUT2D eigenvalue weighted by Gasteiger charge is -2.32. The molecule has 10 nitrogen and oxygen atoms in total. The van der Waals surface area contributed by atoms with E-state index in [0.29, 0.717) is 44.6 Å². The molecule has 0 aromatic heterocycles. The van der Waals surface area contributed by atoms with Crippen LogP contribution in [0, 0.1) is 5.41 Å². The van der Waals surface area contributed by atoms with Gasteiger partial charge in [0.25, 0.3) is 5.91 Å². The number of esters is 1. The van der Waals surface area contributed by atoms with Crippen LogP contribution in [0.15, 0.2) is 60.7 Å². The molecule has 1 aliphatic rings. The highest BCUT2D eigenvalue weighted by atomic mass is 35.5. The topological polar surface area (TPSA) is 124 Å². The van der Waals surface area contributed by atoms with Gasteiger partial charge in [-0.3, -0.25) is 14.4 Å². The lowest BCUT2D eigenvalue weighted by Crippen LogP contribution is -2.46. The first-order valence-corrected chi connectivity index (χ1v) is 14.4. The number of rotatable bonds is 11. The van der Waals surface area contributed by atoms with E-state index in [1.807, 2.05) is 13.8 Å². The second-order valence-corrected chi connectivity index (χ2v) is 11.7. The molecule has 1 aliphatic heterocycles. The molecule has 0 saturated carbocycles. The van der Waals surface area contributed by atoms with Crippen LogP contribution in [0.4, 0.5) is 11.4 Å². The lowest BCUT2D eigenvalue weighted by atomic mass is 9.92. The number of halogens is 1. The molecule has 2 N–H and O–H groups in total. The van der Waals surface area contributed by atoms with E-state index in [2.05, 4.69) is 5.32 Å². The monoisotopic (exact) mass is 624 g/mol. The molecule has 0 unspecified atom stereocenters. The highest BCUT2D eigenvalue weighted by molar-refractivity contribution is 6.30. The van der Waals surface area contributed by atoms with E-state index in [-0.39, 0.29) is 26.0 Å². The minimum absolute atomic E-state index is 0.0465. The van der Waals surface area contributed by atoms with E-state index in [4.69, 9.17) is 30.5 Å². The molecule has 0 aliphatic carbocycles. The van der Waals surface area contributed by atoms with Gasteiger partial charge in [-0.15, -0.1) is 0 Å². The van der Waals surface area contributed by atoms with Crippen LogP contribution in [0.2, 0.25) is 5.02 Å². The number of aliphatic hydroxyl groups excluding tert-OH is 1. The number of amides is 2. The third-order valence-electron chi connectivity index (χ3n) is 7.29. The second-order valence-electron chi connectivity index (χ2n) is 11.2. The number of hydrogen-bond donors (Lipinski definition) is 2. The van der Waals surface area contributed by atoms with E-state index in [9.17, 15) is 19.5 Å². The van der Waals surface area contributed by atoms with E-state index in [1.165, 1.54) is 21.3 Å². The first kappa shape index (κ1) is 32.8. The Kier molecular flexibility index (Phi) is 10.5. The number of para-hydroxylation sites is 1. The summed E-state index contributed by atoms with van der Waals surface area (Å²) in [5.41, 5.74) is 2.14. The predicted octanol–water partition coefficient (Wildman–Crippen LogP) is 4.94. The number of carbonyl (C=O) groups is 3. The van der Waals surface area contributed by atoms with E-state index >= 15 is 0 Å². The van der Waals surface area contributed by atoms with Gasteiger partial charge in [-0.05, 0) is 42.0 Å². The van der Waals surface area contributed by atoms with Crippen molar-refractivity contribution in [3.8, 4) is 11.5 Å². The highest BCUT2D eigenvalue weighted by Gasteiger charge is 2.40. The van der Waals surface area contributed by atoms with Crippen LogP contribution in [0.3, 0.4) is 0 Å². The fourth-order valence-electron chi connectivity index (χ4n) is 5.08. The standard InChI is InChI=1S/C33H37ClN2O8/c1-33(2,19-37)18-36-25-13-12-21(34)16-24(25)30(23-10-7-11-26(41-3)31(23)43-5)44-27(32(36)40)17-28(38)35-22-9-6-8-20(14-22)15-29(39)42-4/h6-14,16,27,30,37H,15,17-19H2,1-5H3,(H,35,38)/t27-,30-/m1/s1. The maximum absolute atomic E-state index is 14.2. The molecule has 0 bridgehead atoms. The summed E-state index contributed by atoms with van der Waals surface area (Å²) in [7, 11) is 4.34. The van der Waals surface area contributed by atoms with Crippen molar-refractivity contribution in [3.63, 3.8) is 0 Å². The van der Waals surface area contributed by atoms with Crippen LogP contribution in [0.5, 0.6) is 11.5 Å². The summed E-state index contributed by atoms with van der Waals surface area (Å²) in [5, 5.41) is 13.3. The third-order valence-corrected chi connectivity index (χ3v) is 7.53. The summed E-state index contributed by atoms with van der Waals surface area (Å²) >= 11 is 6.48. The number of fused-ring (bicyclic) bond motifs is 1. The normalized spacial score (nSPS) is 16.5. The van der Waals surface area contributed by atoms with E-state index in [1.54, 1.807) is 65.6 Å². The number of benzene rings is 3. The van der Waals surface area contributed by atoms with Crippen molar-refractivity contribution in [3.05, 3.63) is 82.4 Å². The molecule has 0 spiro atoms. The molecule has 234 valence electrons. The number of hydrogen-bond acceptors (Lipinski definition) is 8. The molecule has 3 aromatic carbocycles. The van der Waals surface area contributed by atoms with Gasteiger partial charge < -0.3 is 34.3 Å². The zero-order valence-corrected chi connectivity index (χ0v) is 26.1. The molecule has 2 atom stereocenters. The fraction of sp³-hybridized carbons (Fsp3) is 0.364. The first-order valence-electron chi connectivity index (χ1n) is 14.0. The average Bonchev–Trinajstić information content (AvgIpc) is 3.10. The van der Waals surface area contributed by atoms with Crippen molar-refractivity contribution >= 4 is 40.8 Å². The van der Waals surface area contributed by atoms with Gasteiger partial charge in [0.1, 0.15) is 12.2 Å². The molecule has 0 saturated heterocycles. The average molecular weight is 625 g/mol. The zero-order chi connectivity index (χ0) is 32.0. The zero-order valence-electron chi connectivity index (χ0n) is 25.4. The number of nitrogens with zero attached hydrogens (tertiary/aromatic N) is 1. The molecule has 0 fully saturated rings. The molecule has 44 heavy (non-hydrogen) atoms. The molecular weight excluding hydrogens is 588 g/mol. The van der Waals surface area contributed by atoms with Crippen molar-refractivity contribution < 1.29 is 38.4 Å². The van der Waals surface area contributed by atoms with Gasteiger partial charge in [0.05, 0.1) is 34.2 Å². The summed E-state index contributed by atoms with van der Waals surface area (Å²) in [5.74, 6) is -0.454. The number of aliphatic hydroxyl groups is 1. The van der Waals surface area contributed by atoms with Crippen LogP contribution in [0.1, 0.15) is 43.1 Å². The van der Waals surface area contributed by atoms with Crippen molar-refractivity contribution in [2.45, 2.75) is 38.9 Å². The maximum atomic E-state index is 14.2. The Labute approximate surface area is 261 Å². The Balaban J connectivity index is 1.76. The van der Waals surface area contributed by atoms with Gasteiger partial charge in [0, 0.05) is 46.1 Å². The van der Waals surface area contributed by atoms with Crippen LogP contribution in [0.25, 0.3) is 0 Å². The minimum Gasteiger partial charge on any atom is -0.493 e. The van der Waals surface area contributed by atoms with Gasteiger partial charge in [-0.1, -0.05) is 49.7 Å². The summed E-state index contributed by atoms with van der Waals surface area (Å²) in [4.78, 5) is 40.9. The summed E-state index contributed by atoms with van der Waals surface area (Å²) in [6.07, 6.45) is -2.37. The number of methoxy groups -OCH3 is 3. The van der Waals surface area contributed by atoms with E-state index < -0.39 is 35.4 Å². The van der Waals surface area contributed by atoms with Gasteiger partial charge in [0.15, 0.2) is 11.5 Å². The van der Waals surface area contributed by atoms with Gasteiger partial charge >= 0.3 is 5.97 Å². The molecular formula is C33H37ClN2O8. The summed E-state index contributed by atoms with van der Waals surface area (Å²) in [6.45, 7) is 3.65. The Morgan fingerprint density at radius 1 is 1.02 bits per heavy atom. The number of carbonyl (C=O) groups excluding carboxylic acids is 3. The lowest BCUT2D eigenvalue weighted by molar-refractivity contribution is -0.139. The molecule has 3 aromatic rings. The SMILES string of the molecule is COC(=O)Cc1cccc(NC(=O)C[C@H]2O[C@H](c3cccc(OC)c3OC)c3cc(Cl)ccc3N(CC(C)(C)CO)C2=O)c1.